The van der Waals surface area contributed by atoms with Crippen molar-refractivity contribution in [3.8, 4) is 0 Å². The topological polar surface area (TPSA) is 75.4 Å². The van der Waals surface area contributed by atoms with Gasteiger partial charge in [0.1, 0.15) is 0 Å². The summed E-state index contributed by atoms with van der Waals surface area (Å²) in [6.45, 7) is 4.60. The van der Waals surface area contributed by atoms with Crippen LogP contribution < -0.4 is 11.3 Å². The number of anilines is 1. The zero-order valence-corrected chi connectivity index (χ0v) is 12.7. The molecule has 0 bridgehead atoms. The van der Waals surface area contributed by atoms with Crippen molar-refractivity contribution in [1.82, 2.24) is 4.31 Å². The van der Waals surface area contributed by atoms with E-state index in [1.807, 2.05) is 18.7 Å². The molecule has 2 atom stereocenters. The molecular weight excluding hydrogens is 282 g/mol. The number of thioether (sulfide) groups is 1. The van der Waals surface area contributed by atoms with Crippen LogP contribution in [0.25, 0.3) is 0 Å². The van der Waals surface area contributed by atoms with Crippen molar-refractivity contribution in [1.29, 1.82) is 0 Å². The number of benzene rings is 1. The van der Waals surface area contributed by atoms with Crippen LogP contribution in [0.4, 0.5) is 5.69 Å². The molecule has 0 saturated carbocycles. The highest BCUT2D eigenvalue weighted by Gasteiger charge is 2.34. The lowest BCUT2D eigenvalue weighted by molar-refractivity contribution is 0.340. The molecule has 2 unspecified atom stereocenters. The lowest BCUT2D eigenvalue weighted by Gasteiger charge is -2.36. The van der Waals surface area contributed by atoms with Gasteiger partial charge in [0.25, 0.3) is 0 Å². The Labute approximate surface area is 118 Å². The molecule has 1 aliphatic heterocycles. The standard InChI is InChI=1S/C12H19N3O2S2/c1-9-10(2)18-8-7-15(9)19(16,17)12-5-3-11(14-13)4-6-12/h3-6,9-10,14H,7-8,13H2,1-2H3. The summed E-state index contributed by atoms with van der Waals surface area (Å²) in [7, 11) is -3.42. The summed E-state index contributed by atoms with van der Waals surface area (Å²) in [5.74, 6) is 6.12. The van der Waals surface area contributed by atoms with E-state index in [1.165, 1.54) is 0 Å². The summed E-state index contributed by atoms with van der Waals surface area (Å²) in [5, 5.41) is 0.313. The van der Waals surface area contributed by atoms with Gasteiger partial charge in [0.2, 0.25) is 10.0 Å². The molecule has 0 spiro atoms. The minimum atomic E-state index is -3.42. The van der Waals surface area contributed by atoms with Crippen LogP contribution in [0.1, 0.15) is 13.8 Å². The summed E-state index contributed by atoms with van der Waals surface area (Å²) in [6.07, 6.45) is 0. The Hall–Kier alpha value is -0.760. The number of sulfonamides is 1. The zero-order valence-electron chi connectivity index (χ0n) is 11.0. The van der Waals surface area contributed by atoms with E-state index in [0.717, 1.165) is 5.75 Å². The van der Waals surface area contributed by atoms with Gasteiger partial charge >= 0.3 is 0 Å². The fraction of sp³-hybridized carbons (Fsp3) is 0.500. The Morgan fingerprint density at radius 1 is 1.32 bits per heavy atom. The van der Waals surface area contributed by atoms with Crippen molar-refractivity contribution in [2.45, 2.75) is 30.0 Å². The fourth-order valence-corrected chi connectivity index (χ4v) is 5.10. The average Bonchev–Trinajstić information content (AvgIpc) is 2.41. The highest BCUT2D eigenvalue weighted by Crippen LogP contribution is 2.29. The summed E-state index contributed by atoms with van der Waals surface area (Å²) in [5.41, 5.74) is 3.18. The second kappa shape index (κ2) is 5.70. The summed E-state index contributed by atoms with van der Waals surface area (Å²) < 4.78 is 26.8. The predicted molar refractivity (Wildman–Crippen MR) is 79.5 cm³/mol. The largest absolute Gasteiger partial charge is 0.324 e. The molecule has 1 fully saturated rings. The maximum atomic E-state index is 12.6. The van der Waals surface area contributed by atoms with Gasteiger partial charge in [-0.15, -0.1) is 0 Å². The third-order valence-corrected chi connectivity index (χ3v) is 6.79. The van der Waals surface area contributed by atoms with E-state index in [0.29, 0.717) is 22.4 Å². The first-order chi connectivity index (χ1) is 8.96. The van der Waals surface area contributed by atoms with E-state index < -0.39 is 10.0 Å². The Kier molecular flexibility index (Phi) is 4.39. The molecule has 2 rings (SSSR count). The molecule has 0 aromatic heterocycles. The van der Waals surface area contributed by atoms with E-state index in [-0.39, 0.29) is 6.04 Å². The van der Waals surface area contributed by atoms with E-state index in [9.17, 15) is 8.42 Å². The molecule has 1 aliphatic rings. The quantitative estimate of drug-likeness (QED) is 0.653. The van der Waals surface area contributed by atoms with Gasteiger partial charge in [0, 0.05) is 29.3 Å². The lowest BCUT2D eigenvalue weighted by Crippen LogP contribution is -2.47. The Morgan fingerprint density at radius 3 is 2.53 bits per heavy atom. The van der Waals surface area contributed by atoms with Gasteiger partial charge in [0.15, 0.2) is 0 Å². The van der Waals surface area contributed by atoms with Crippen molar-refractivity contribution in [2.24, 2.45) is 5.84 Å². The second-order valence-electron chi connectivity index (χ2n) is 4.60. The SMILES string of the molecule is CC1SCCN(S(=O)(=O)c2ccc(NN)cc2)C1C. The van der Waals surface area contributed by atoms with Gasteiger partial charge in [-0.2, -0.15) is 16.1 Å². The molecule has 0 radical (unpaired) electrons. The average molecular weight is 301 g/mol. The maximum absolute atomic E-state index is 12.6. The van der Waals surface area contributed by atoms with Gasteiger partial charge in [-0.1, -0.05) is 6.92 Å². The smallest absolute Gasteiger partial charge is 0.243 e. The number of hydrogen-bond acceptors (Lipinski definition) is 5. The highest BCUT2D eigenvalue weighted by atomic mass is 32.2. The molecule has 0 aliphatic carbocycles. The van der Waals surface area contributed by atoms with Crippen molar-refractivity contribution in [3.63, 3.8) is 0 Å². The third kappa shape index (κ3) is 2.89. The first-order valence-electron chi connectivity index (χ1n) is 6.17. The van der Waals surface area contributed by atoms with Gasteiger partial charge in [0.05, 0.1) is 4.90 Å². The molecular formula is C12H19N3O2S2. The molecule has 7 heteroatoms. The van der Waals surface area contributed by atoms with Crippen LogP contribution in [0.5, 0.6) is 0 Å². The van der Waals surface area contributed by atoms with Crippen LogP contribution in [0, 0.1) is 0 Å². The number of nitrogens with one attached hydrogen (secondary N) is 1. The Balaban J connectivity index is 2.30. The summed E-state index contributed by atoms with van der Waals surface area (Å²) in [4.78, 5) is 0.317. The maximum Gasteiger partial charge on any atom is 0.243 e. The van der Waals surface area contributed by atoms with E-state index >= 15 is 0 Å². The van der Waals surface area contributed by atoms with E-state index in [4.69, 9.17) is 5.84 Å². The second-order valence-corrected chi connectivity index (χ2v) is 7.98. The molecule has 19 heavy (non-hydrogen) atoms. The van der Waals surface area contributed by atoms with Crippen LogP contribution in [0.2, 0.25) is 0 Å². The van der Waals surface area contributed by atoms with Crippen molar-refractivity contribution >= 4 is 27.5 Å². The first kappa shape index (κ1) is 14.6. The number of rotatable bonds is 3. The van der Waals surface area contributed by atoms with E-state index in [1.54, 1.807) is 28.6 Å². The predicted octanol–water partition coefficient (Wildman–Crippen LogP) is 1.49. The van der Waals surface area contributed by atoms with Gasteiger partial charge in [-0.25, -0.2) is 8.42 Å². The van der Waals surface area contributed by atoms with Crippen LogP contribution in [-0.2, 0) is 10.0 Å². The number of hydrogen-bond donors (Lipinski definition) is 2. The number of nitrogen functional groups attached to an aromatic ring is 1. The normalized spacial score (nSPS) is 25.2. The van der Waals surface area contributed by atoms with Crippen LogP contribution in [0.15, 0.2) is 29.2 Å². The van der Waals surface area contributed by atoms with Crippen LogP contribution in [0.3, 0.4) is 0 Å². The summed E-state index contributed by atoms with van der Waals surface area (Å²) in [6, 6.07) is 6.52. The summed E-state index contributed by atoms with van der Waals surface area (Å²) >= 11 is 1.81. The van der Waals surface area contributed by atoms with Crippen molar-refractivity contribution < 1.29 is 8.42 Å². The Bertz CT molecular complexity index is 530. The van der Waals surface area contributed by atoms with Crippen molar-refractivity contribution in [2.75, 3.05) is 17.7 Å². The molecule has 5 nitrogen and oxygen atoms in total. The number of nitrogens with two attached hydrogens (primary N) is 1. The molecule has 1 heterocycles. The third-order valence-electron chi connectivity index (χ3n) is 3.45. The monoisotopic (exact) mass is 301 g/mol. The van der Waals surface area contributed by atoms with E-state index in [2.05, 4.69) is 12.3 Å². The van der Waals surface area contributed by atoms with Crippen LogP contribution >= 0.6 is 11.8 Å². The van der Waals surface area contributed by atoms with Gasteiger partial charge in [-0.05, 0) is 31.2 Å². The fourth-order valence-electron chi connectivity index (χ4n) is 2.10. The molecule has 1 saturated heterocycles. The molecule has 106 valence electrons. The Morgan fingerprint density at radius 2 is 1.95 bits per heavy atom. The molecule has 3 N–H and O–H groups in total. The van der Waals surface area contributed by atoms with Gasteiger partial charge in [-0.3, -0.25) is 5.84 Å². The zero-order chi connectivity index (χ0) is 14.0. The molecule has 1 aromatic carbocycles. The lowest BCUT2D eigenvalue weighted by atomic mass is 10.2. The molecule has 1 aromatic rings. The van der Waals surface area contributed by atoms with Crippen LogP contribution in [-0.4, -0.2) is 36.3 Å². The minimum Gasteiger partial charge on any atom is -0.324 e. The molecule has 0 amide bonds. The highest BCUT2D eigenvalue weighted by molar-refractivity contribution is 8.00. The minimum absolute atomic E-state index is 0.0102. The van der Waals surface area contributed by atoms with Crippen molar-refractivity contribution in [3.05, 3.63) is 24.3 Å². The van der Waals surface area contributed by atoms with Gasteiger partial charge < -0.3 is 5.43 Å². The first-order valence-corrected chi connectivity index (χ1v) is 8.66. The number of hydrazine groups is 1. The number of nitrogens with zero attached hydrogens (tertiary/aromatic N) is 1.